The third-order valence-corrected chi connectivity index (χ3v) is 4.59. The molecule has 1 aliphatic rings. The van der Waals surface area contributed by atoms with E-state index in [1.165, 1.54) is 24.3 Å². The molecule has 0 fully saturated rings. The second-order valence-electron chi connectivity index (χ2n) is 6.36. The van der Waals surface area contributed by atoms with Crippen molar-refractivity contribution in [3.05, 3.63) is 71.1 Å². The molecule has 0 unspecified atom stereocenters. The lowest BCUT2D eigenvalue weighted by molar-refractivity contribution is -0.118. The molecule has 29 heavy (non-hydrogen) atoms. The summed E-state index contributed by atoms with van der Waals surface area (Å²) in [7, 11) is 3.52. The number of Topliss-reactive ketones (excluding diaryl/α,β-unsaturated/α-hetero) is 1. The fourth-order valence-electron chi connectivity index (χ4n) is 3.11. The van der Waals surface area contributed by atoms with E-state index in [-0.39, 0.29) is 16.7 Å². The fraction of sp³-hybridized carbons (Fsp3) is 0.143. The summed E-state index contributed by atoms with van der Waals surface area (Å²) in [5.74, 6) is -1.55. The Bertz CT molecular complexity index is 1040. The van der Waals surface area contributed by atoms with Crippen LogP contribution in [0.3, 0.4) is 0 Å². The molecule has 0 atom stereocenters. The molecule has 3 rings (SSSR count). The molecule has 2 aromatic carbocycles. The second kappa shape index (κ2) is 7.86. The predicted molar refractivity (Wildman–Crippen MR) is 106 cm³/mol. The third kappa shape index (κ3) is 3.66. The number of benzene rings is 2. The van der Waals surface area contributed by atoms with Crippen LogP contribution in [-0.4, -0.2) is 38.4 Å². The summed E-state index contributed by atoms with van der Waals surface area (Å²) in [6, 6.07) is 15.0. The number of carbonyl (C=O) groups is 3. The Morgan fingerprint density at radius 3 is 1.97 bits per heavy atom. The molecule has 0 bridgehead atoms. The normalized spacial score (nSPS) is 12.2. The van der Waals surface area contributed by atoms with Crippen molar-refractivity contribution in [2.45, 2.75) is 0 Å². The maximum atomic E-state index is 12.6. The Balaban J connectivity index is 1.76. The molecule has 1 heterocycles. The average Bonchev–Trinajstić information content (AvgIpc) is 2.98. The van der Waals surface area contributed by atoms with Gasteiger partial charge in [-0.2, -0.15) is 5.26 Å². The van der Waals surface area contributed by atoms with Crippen LogP contribution in [0.2, 0.25) is 0 Å². The van der Waals surface area contributed by atoms with Gasteiger partial charge in [0.25, 0.3) is 0 Å². The average molecular weight is 390 g/mol. The zero-order valence-electron chi connectivity index (χ0n) is 15.9. The van der Waals surface area contributed by atoms with E-state index >= 15 is 0 Å². The molecule has 0 saturated heterocycles. The van der Waals surface area contributed by atoms with Crippen LogP contribution >= 0.6 is 0 Å². The van der Waals surface area contributed by atoms with Gasteiger partial charge in [0.2, 0.25) is 11.7 Å². The van der Waals surface area contributed by atoms with Crippen LogP contribution < -0.4 is 15.5 Å². The zero-order valence-corrected chi connectivity index (χ0v) is 15.9. The highest BCUT2D eigenvalue weighted by Crippen LogP contribution is 2.40. The first-order chi connectivity index (χ1) is 13.8. The minimum atomic E-state index is -0.743. The zero-order chi connectivity index (χ0) is 21.1. The third-order valence-electron chi connectivity index (χ3n) is 4.59. The quantitative estimate of drug-likeness (QED) is 0.470. The summed E-state index contributed by atoms with van der Waals surface area (Å²) in [5.41, 5.74) is 7.18. The molecule has 8 heteroatoms. The Morgan fingerprint density at radius 1 is 0.966 bits per heavy atom. The topological polar surface area (TPSA) is 117 Å². The van der Waals surface area contributed by atoms with Crippen LogP contribution in [-0.2, 0) is 9.53 Å². The van der Waals surface area contributed by atoms with Crippen molar-refractivity contribution >= 4 is 29.0 Å². The van der Waals surface area contributed by atoms with E-state index in [4.69, 9.17) is 10.5 Å². The van der Waals surface area contributed by atoms with E-state index in [0.717, 1.165) is 11.4 Å². The van der Waals surface area contributed by atoms with Crippen molar-refractivity contribution in [1.82, 2.24) is 0 Å². The number of nitrogens with two attached hydrogens (primary N) is 1. The van der Waals surface area contributed by atoms with E-state index < -0.39 is 24.3 Å². The van der Waals surface area contributed by atoms with Crippen LogP contribution in [0.1, 0.15) is 20.7 Å². The number of nitriles is 1. The van der Waals surface area contributed by atoms with E-state index in [2.05, 4.69) is 0 Å². The Morgan fingerprint density at radius 2 is 1.48 bits per heavy atom. The lowest BCUT2D eigenvalue weighted by Crippen LogP contribution is -2.27. The van der Waals surface area contributed by atoms with Gasteiger partial charge in [0.15, 0.2) is 6.61 Å². The van der Waals surface area contributed by atoms with E-state index in [1.807, 2.05) is 30.3 Å². The number of para-hydroxylation sites is 2. The predicted octanol–water partition coefficient (Wildman–Crippen LogP) is 1.83. The van der Waals surface area contributed by atoms with Crippen molar-refractivity contribution in [2.75, 3.05) is 30.5 Å². The van der Waals surface area contributed by atoms with Gasteiger partial charge in [0, 0.05) is 19.7 Å². The molecular weight excluding hydrogens is 372 g/mol. The Labute approximate surface area is 167 Å². The standard InChI is InChI=1S/C21H18N4O4/c1-24-16-5-3-4-6-17(16)25(2)20(24)15(11-22)18(26)12-29-21(28)14-9-7-13(8-10-14)19(23)27/h3-10H,12H2,1-2H3,(H2,23,27). The van der Waals surface area contributed by atoms with Crippen molar-refractivity contribution in [3.63, 3.8) is 0 Å². The van der Waals surface area contributed by atoms with Crippen molar-refractivity contribution in [3.8, 4) is 6.07 Å². The number of rotatable bonds is 5. The van der Waals surface area contributed by atoms with Crippen LogP contribution in [0.4, 0.5) is 11.4 Å². The summed E-state index contributed by atoms with van der Waals surface area (Å²) in [5, 5.41) is 9.57. The van der Waals surface area contributed by atoms with Gasteiger partial charge in [-0.15, -0.1) is 0 Å². The number of ether oxygens (including phenoxy) is 1. The lowest BCUT2D eigenvalue weighted by Gasteiger charge is -2.19. The molecule has 0 aliphatic carbocycles. The maximum absolute atomic E-state index is 12.6. The fourth-order valence-corrected chi connectivity index (χ4v) is 3.11. The van der Waals surface area contributed by atoms with Crippen molar-refractivity contribution in [2.24, 2.45) is 5.73 Å². The minimum absolute atomic E-state index is 0.108. The molecule has 2 aromatic rings. The highest BCUT2D eigenvalue weighted by Gasteiger charge is 2.31. The number of amides is 1. The highest BCUT2D eigenvalue weighted by molar-refractivity contribution is 6.04. The number of primary amides is 1. The lowest BCUT2D eigenvalue weighted by atomic mass is 10.1. The second-order valence-corrected chi connectivity index (χ2v) is 6.36. The van der Waals surface area contributed by atoms with Gasteiger partial charge in [-0.05, 0) is 36.4 Å². The van der Waals surface area contributed by atoms with Crippen molar-refractivity contribution < 1.29 is 19.1 Å². The highest BCUT2D eigenvalue weighted by atomic mass is 16.5. The smallest absolute Gasteiger partial charge is 0.338 e. The molecule has 146 valence electrons. The van der Waals surface area contributed by atoms with Crippen LogP contribution in [0.25, 0.3) is 0 Å². The number of esters is 1. The first kappa shape index (κ1) is 19.6. The number of fused-ring (bicyclic) bond motifs is 1. The number of nitrogens with zero attached hydrogens (tertiary/aromatic N) is 3. The van der Waals surface area contributed by atoms with Crippen LogP contribution in [0.15, 0.2) is 59.9 Å². The number of ketones is 1. The van der Waals surface area contributed by atoms with Crippen LogP contribution in [0, 0.1) is 11.3 Å². The number of carbonyl (C=O) groups excluding carboxylic acids is 3. The molecule has 0 radical (unpaired) electrons. The van der Waals surface area contributed by atoms with Gasteiger partial charge in [-0.1, -0.05) is 12.1 Å². The Kier molecular flexibility index (Phi) is 5.32. The first-order valence-electron chi connectivity index (χ1n) is 8.66. The van der Waals surface area contributed by atoms with E-state index in [9.17, 15) is 19.6 Å². The molecule has 0 saturated carbocycles. The largest absolute Gasteiger partial charge is 0.454 e. The Hall–Kier alpha value is -4.12. The van der Waals surface area contributed by atoms with E-state index in [1.54, 1.807) is 23.9 Å². The summed E-state index contributed by atoms with van der Waals surface area (Å²) in [6.07, 6.45) is 0. The van der Waals surface area contributed by atoms with E-state index in [0.29, 0.717) is 5.82 Å². The number of hydrogen-bond donors (Lipinski definition) is 1. The SMILES string of the molecule is CN1C(=C(C#N)C(=O)COC(=O)c2ccc(C(N)=O)cc2)N(C)c2ccccc21. The van der Waals surface area contributed by atoms with Gasteiger partial charge in [0.1, 0.15) is 17.5 Å². The molecule has 0 spiro atoms. The van der Waals surface area contributed by atoms with Gasteiger partial charge in [0.05, 0.1) is 16.9 Å². The first-order valence-corrected chi connectivity index (χ1v) is 8.66. The molecule has 0 aromatic heterocycles. The molecule has 1 aliphatic heterocycles. The summed E-state index contributed by atoms with van der Waals surface area (Å²) in [4.78, 5) is 39.3. The van der Waals surface area contributed by atoms with Gasteiger partial charge < -0.3 is 20.3 Å². The minimum Gasteiger partial charge on any atom is -0.454 e. The molecule has 1 amide bonds. The molecule has 2 N–H and O–H groups in total. The monoisotopic (exact) mass is 390 g/mol. The maximum Gasteiger partial charge on any atom is 0.338 e. The van der Waals surface area contributed by atoms with Crippen molar-refractivity contribution in [1.29, 1.82) is 5.26 Å². The number of hydrogen-bond acceptors (Lipinski definition) is 7. The summed E-state index contributed by atoms with van der Waals surface area (Å²) in [6.45, 7) is -0.583. The van der Waals surface area contributed by atoms with Gasteiger partial charge in [-0.3, -0.25) is 9.59 Å². The summed E-state index contributed by atoms with van der Waals surface area (Å²) < 4.78 is 5.05. The van der Waals surface area contributed by atoms with Gasteiger partial charge in [-0.25, -0.2) is 4.79 Å². The molecular formula is C21H18N4O4. The van der Waals surface area contributed by atoms with Crippen LogP contribution in [0.5, 0.6) is 0 Å². The number of anilines is 2. The summed E-state index contributed by atoms with van der Waals surface area (Å²) >= 11 is 0. The van der Waals surface area contributed by atoms with Gasteiger partial charge >= 0.3 is 5.97 Å². The molecule has 8 nitrogen and oxygen atoms in total.